The zero-order valence-electron chi connectivity index (χ0n) is 13.1. The molecule has 0 fully saturated rings. The van der Waals surface area contributed by atoms with Crippen LogP contribution in [0.2, 0.25) is 0 Å². The number of nitrogens with zero attached hydrogens (tertiary/aromatic N) is 3. The summed E-state index contributed by atoms with van der Waals surface area (Å²) in [5.74, 6) is 0.129. The Morgan fingerprint density at radius 2 is 2.14 bits per heavy atom. The first kappa shape index (κ1) is 14.8. The molecule has 5 heteroatoms. The maximum atomic E-state index is 12.5. The molecule has 1 aliphatic rings. The van der Waals surface area contributed by atoms with Crippen molar-refractivity contribution in [1.29, 1.82) is 0 Å². The Morgan fingerprint density at radius 1 is 1.32 bits per heavy atom. The van der Waals surface area contributed by atoms with Gasteiger partial charge >= 0.3 is 0 Å². The smallest absolute Gasteiger partial charge is 0.240 e. The van der Waals surface area contributed by atoms with Crippen LogP contribution in [0, 0.1) is 0 Å². The number of hydrogen-bond donors (Lipinski definition) is 1. The second-order valence-corrected chi connectivity index (χ2v) is 5.82. The van der Waals surface area contributed by atoms with E-state index >= 15 is 0 Å². The SMILES string of the molecule is CC(NCC(=O)N1CCc2ccccc21)C(C)n1cccn1. The highest BCUT2D eigenvalue weighted by molar-refractivity contribution is 5.96. The van der Waals surface area contributed by atoms with Gasteiger partial charge in [-0.1, -0.05) is 18.2 Å². The van der Waals surface area contributed by atoms with Crippen molar-refractivity contribution in [3.05, 3.63) is 48.3 Å². The molecule has 0 spiro atoms. The number of amides is 1. The summed E-state index contributed by atoms with van der Waals surface area (Å²) < 4.78 is 1.91. The van der Waals surface area contributed by atoms with Crippen molar-refractivity contribution in [2.24, 2.45) is 0 Å². The quantitative estimate of drug-likeness (QED) is 0.918. The Balaban J connectivity index is 1.57. The number of rotatable bonds is 5. The van der Waals surface area contributed by atoms with Crippen LogP contribution in [0.25, 0.3) is 0 Å². The lowest BCUT2D eigenvalue weighted by molar-refractivity contribution is -0.117. The molecule has 0 saturated carbocycles. The van der Waals surface area contributed by atoms with Crippen molar-refractivity contribution >= 4 is 11.6 Å². The largest absolute Gasteiger partial charge is 0.311 e. The van der Waals surface area contributed by atoms with E-state index in [1.165, 1.54) is 5.56 Å². The average molecular weight is 298 g/mol. The number of hydrogen-bond acceptors (Lipinski definition) is 3. The fourth-order valence-corrected chi connectivity index (χ4v) is 2.86. The third kappa shape index (κ3) is 2.90. The normalized spacial score (nSPS) is 16.4. The molecule has 0 radical (unpaired) electrons. The molecule has 1 aromatic heterocycles. The number of carbonyl (C=O) groups excluding carboxylic acids is 1. The molecule has 0 saturated heterocycles. The van der Waals surface area contributed by atoms with Crippen molar-refractivity contribution in [1.82, 2.24) is 15.1 Å². The number of aromatic nitrogens is 2. The molecule has 1 amide bonds. The van der Waals surface area contributed by atoms with E-state index in [2.05, 4.69) is 30.3 Å². The van der Waals surface area contributed by atoms with Crippen LogP contribution in [0.3, 0.4) is 0 Å². The molecule has 1 aromatic carbocycles. The first-order chi connectivity index (χ1) is 10.7. The van der Waals surface area contributed by atoms with Crippen molar-refractivity contribution in [3.8, 4) is 0 Å². The summed E-state index contributed by atoms with van der Waals surface area (Å²) in [6, 6.07) is 10.4. The van der Waals surface area contributed by atoms with E-state index in [9.17, 15) is 4.79 Å². The highest BCUT2D eigenvalue weighted by Crippen LogP contribution is 2.27. The van der Waals surface area contributed by atoms with Crippen LogP contribution in [0.5, 0.6) is 0 Å². The van der Waals surface area contributed by atoms with Gasteiger partial charge in [0.1, 0.15) is 0 Å². The predicted octanol–water partition coefficient (Wildman–Crippen LogP) is 2.01. The molecule has 5 nitrogen and oxygen atoms in total. The van der Waals surface area contributed by atoms with Gasteiger partial charge in [0, 0.05) is 30.7 Å². The second kappa shape index (κ2) is 6.32. The van der Waals surface area contributed by atoms with E-state index in [4.69, 9.17) is 0 Å². The lowest BCUT2D eigenvalue weighted by Gasteiger charge is -2.23. The first-order valence-electron chi connectivity index (χ1n) is 7.77. The topological polar surface area (TPSA) is 50.2 Å². The van der Waals surface area contributed by atoms with Crippen LogP contribution in [-0.4, -0.2) is 34.8 Å². The molecular weight excluding hydrogens is 276 g/mol. The third-order valence-corrected chi connectivity index (χ3v) is 4.43. The van der Waals surface area contributed by atoms with Gasteiger partial charge in [-0.2, -0.15) is 5.10 Å². The van der Waals surface area contributed by atoms with E-state index in [0.29, 0.717) is 6.54 Å². The lowest BCUT2D eigenvalue weighted by atomic mass is 10.1. The highest BCUT2D eigenvalue weighted by atomic mass is 16.2. The molecule has 0 bridgehead atoms. The van der Waals surface area contributed by atoms with E-state index < -0.39 is 0 Å². The fraction of sp³-hybridized carbons (Fsp3) is 0.412. The van der Waals surface area contributed by atoms with Crippen LogP contribution in [-0.2, 0) is 11.2 Å². The lowest BCUT2D eigenvalue weighted by Crippen LogP contribution is -2.42. The van der Waals surface area contributed by atoms with Gasteiger partial charge in [0.05, 0.1) is 12.6 Å². The summed E-state index contributed by atoms with van der Waals surface area (Å²) in [6.45, 7) is 5.31. The van der Waals surface area contributed by atoms with Crippen molar-refractivity contribution in [3.63, 3.8) is 0 Å². The molecule has 0 aliphatic carbocycles. The second-order valence-electron chi connectivity index (χ2n) is 5.82. The number of para-hydroxylation sites is 1. The van der Waals surface area contributed by atoms with Crippen LogP contribution < -0.4 is 10.2 Å². The Kier molecular flexibility index (Phi) is 4.24. The Morgan fingerprint density at radius 3 is 2.91 bits per heavy atom. The molecule has 2 atom stereocenters. The van der Waals surface area contributed by atoms with E-state index in [1.54, 1.807) is 6.20 Å². The summed E-state index contributed by atoms with van der Waals surface area (Å²) in [7, 11) is 0. The first-order valence-corrected chi connectivity index (χ1v) is 7.77. The summed E-state index contributed by atoms with van der Waals surface area (Å²) in [6.07, 6.45) is 4.66. The van der Waals surface area contributed by atoms with E-state index in [1.807, 2.05) is 40.0 Å². The van der Waals surface area contributed by atoms with Gasteiger partial charge in [0.15, 0.2) is 0 Å². The Labute approximate surface area is 130 Å². The van der Waals surface area contributed by atoms with E-state index in [-0.39, 0.29) is 18.0 Å². The highest BCUT2D eigenvalue weighted by Gasteiger charge is 2.24. The third-order valence-electron chi connectivity index (χ3n) is 4.43. The molecule has 22 heavy (non-hydrogen) atoms. The van der Waals surface area contributed by atoms with Gasteiger partial charge in [-0.15, -0.1) is 0 Å². The van der Waals surface area contributed by atoms with Crippen molar-refractivity contribution in [2.45, 2.75) is 32.4 Å². The number of carbonyl (C=O) groups is 1. The molecular formula is C17H22N4O. The molecule has 2 unspecified atom stereocenters. The minimum atomic E-state index is 0.129. The van der Waals surface area contributed by atoms with Crippen molar-refractivity contribution in [2.75, 3.05) is 18.0 Å². The Bertz CT molecular complexity index is 638. The van der Waals surface area contributed by atoms with Gasteiger partial charge in [0.2, 0.25) is 5.91 Å². The van der Waals surface area contributed by atoms with Gasteiger partial charge < -0.3 is 10.2 Å². The predicted molar refractivity (Wildman–Crippen MR) is 86.9 cm³/mol. The van der Waals surface area contributed by atoms with Crippen LogP contribution >= 0.6 is 0 Å². The molecule has 2 heterocycles. The number of nitrogens with one attached hydrogen (secondary N) is 1. The Hall–Kier alpha value is -2.14. The molecule has 3 rings (SSSR count). The fourth-order valence-electron chi connectivity index (χ4n) is 2.86. The molecule has 116 valence electrons. The number of fused-ring (bicyclic) bond motifs is 1. The van der Waals surface area contributed by atoms with Crippen molar-refractivity contribution < 1.29 is 4.79 Å². The number of anilines is 1. The zero-order chi connectivity index (χ0) is 15.5. The van der Waals surface area contributed by atoms with Gasteiger partial charge in [0.25, 0.3) is 0 Å². The maximum absolute atomic E-state index is 12.5. The van der Waals surface area contributed by atoms with Crippen LogP contribution in [0.4, 0.5) is 5.69 Å². The standard InChI is InChI=1S/C17H22N4O/c1-13(14(2)21-10-5-9-19-21)18-12-17(22)20-11-8-15-6-3-4-7-16(15)20/h3-7,9-10,13-14,18H,8,11-12H2,1-2H3. The maximum Gasteiger partial charge on any atom is 0.240 e. The minimum absolute atomic E-state index is 0.129. The van der Waals surface area contributed by atoms with Crippen LogP contribution in [0.15, 0.2) is 42.7 Å². The van der Waals surface area contributed by atoms with Gasteiger partial charge in [-0.3, -0.25) is 9.48 Å². The minimum Gasteiger partial charge on any atom is -0.311 e. The summed E-state index contributed by atoms with van der Waals surface area (Å²) in [5, 5.41) is 7.58. The number of benzene rings is 1. The zero-order valence-corrected chi connectivity index (χ0v) is 13.1. The van der Waals surface area contributed by atoms with Gasteiger partial charge in [-0.05, 0) is 38.0 Å². The molecule has 1 aliphatic heterocycles. The summed E-state index contributed by atoms with van der Waals surface area (Å²) in [4.78, 5) is 14.3. The molecule has 2 aromatic rings. The molecule has 1 N–H and O–H groups in total. The van der Waals surface area contributed by atoms with E-state index in [0.717, 1.165) is 18.7 Å². The summed E-state index contributed by atoms with van der Waals surface area (Å²) >= 11 is 0. The van der Waals surface area contributed by atoms with Crippen LogP contribution in [0.1, 0.15) is 25.5 Å². The van der Waals surface area contributed by atoms with Gasteiger partial charge in [-0.25, -0.2) is 0 Å². The summed E-state index contributed by atoms with van der Waals surface area (Å²) in [5.41, 5.74) is 2.32. The average Bonchev–Trinajstić information content (AvgIpc) is 3.20. The monoisotopic (exact) mass is 298 g/mol.